The summed E-state index contributed by atoms with van der Waals surface area (Å²) in [6, 6.07) is 7.66. The minimum atomic E-state index is -0.569. The second-order valence-electron chi connectivity index (χ2n) is 4.13. The predicted molar refractivity (Wildman–Crippen MR) is 78.1 cm³/mol. The van der Waals surface area contributed by atoms with Crippen LogP contribution in [0.3, 0.4) is 0 Å². The van der Waals surface area contributed by atoms with Gasteiger partial charge in [0.25, 0.3) is 0 Å². The number of ether oxygens (including phenoxy) is 1. The molecule has 4 nitrogen and oxygen atoms in total. The first-order valence-corrected chi connectivity index (χ1v) is 6.78. The molecule has 0 radical (unpaired) electrons. The van der Waals surface area contributed by atoms with Gasteiger partial charge in [-0.25, -0.2) is 0 Å². The van der Waals surface area contributed by atoms with E-state index in [1.807, 2.05) is 31.2 Å². The summed E-state index contributed by atoms with van der Waals surface area (Å²) in [5, 5.41) is 13.6. The fraction of sp³-hybridized carbons (Fsp3) is 0.357. The molecule has 0 aliphatic carbocycles. The zero-order chi connectivity index (χ0) is 13.7. The minimum Gasteiger partial charge on any atom is -0.492 e. The van der Waals surface area contributed by atoms with E-state index in [0.29, 0.717) is 13.2 Å². The van der Waals surface area contributed by atoms with Crippen LogP contribution in [-0.2, 0) is 0 Å². The van der Waals surface area contributed by atoms with Crippen molar-refractivity contribution in [3.05, 3.63) is 30.5 Å². The molecule has 5 heteroatoms. The lowest BCUT2D eigenvalue weighted by molar-refractivity contribution is 0.211. The summed E-state index contributed by atoms with van der Waals surface area (Å²) in [5.41, 5.74) is 1.73. The molecule has 19 heavy (non-hydrogen) atoms. The molecule has 0 bridgehead atoms. The molecule has 102 valence electrons. The van der Waals surface area contributed by atoms with Gasteiger partial charge in [-0.15, -0.1) is 11.6 Å². The van der Waals surface area contributed by atoms with Gasteiger partial charge in [-0.1, -0.05) is 0 Å². The highest BCUT2D eigenvalue weighted by Crippen LogP contribution is 2.29. The van der Waals surface area contributed by atoms with Gasteiger partial charge in [0.15, 0.2) is 0 Å². The third-order valence-corrected chi connectivity index (χ3v) is 3.09. The minimum absolute atomic E-state index is 0.209. The standard InChI is InChI=1S/C14H17ClN2O2/c1-2-19-13-6-5-12(17-9-10(18)8-15)11-4-3-7-16-14(11)13/h3-7,10,17-18H,2,8-9H2,1H3. The van der Waals surface area contributed by atoms with Crippen LogP contribution in [0.1, 0.15) is 6.92 Å². The largest absolute Gasteiger partial charge is 0.492 e. The number of nitrogens with zero attached hydrogens (tertiary/aromatic N) is 1. The molecule has 1 heterocycles. The van der Waals surface area contributed by atoms with Gasteiger partial charge in [0.05, 0.1) is 18.6 Å². The van der Waals surface area contributed by atoms with Crippen molar-refractivity contribution in [3.8, 4) is 5.75 Å². The number of aliphatic hydroxyl groups excluding tert-OH is 1. The number of rotatable bonds is 6. The van der Waals surface area contributed by atoms with Crippen LogP contribution in [-0.4, -0.2) is 35.2 Å². The van der Waals surface area contributed by atoms with Crippen LogP contribution in [0.15, 0.2) is 30.5 Å². The Kier molecular flexibility index (Phi) is 4.82. The van der Waals surface area contributed by atoms with E-state index < -0.39 is 6.10 Å². The van der Waals surface area contributed by atoms with E-state index in [1.165, 1.54) is 0 Å². The average molecular weight is 281 g/mol. The average Bonchev–Trinajstić information content (AvgIpc) is 2.46. The smallest absolute Gasteiger partial charge is 0.145 e. The van der Waals surface area contributed by atoms with Crippen LogP contribution in [0, 0.1) is 0 Å². The van der Waals surface area contributed by atoms with Crippen LogP contribution in [0.4, 0.5) is 5.69 Å². The van der Waals surface area contributed by atoms with Gasteiger partial charge in [0.2, 0.25) is 0 Å². The van der Waals surface area contributed by atoms with E-state index in [9.17, 15) is 5.11 Å². The van der Waals surface area contributed by atoms with Gasteiger partial charge in [-0.3, -0.25) is 4.98 Å². The zero-order valence-corrected chi connectivity index (χ0v) is 11.5. The maximum Gasteiger partial charge on any atom is 0.145 e. The molecule has 0 saturated carbocycles. The number of anilines is 1. The zero-order valence-electron chi connectivity index (χ0n) is 10.8. The van der Waals surface area contributed by atoms with E-state index in [-0.39, 0.29) is 5.88 Å². The van der Waals surface area contributed by atoms with E-state index in [4.69, 9.17) is 16.3 Å². The highest BCUT2D eigenvalue weighted by Gasteiger charge is 2.08. The van der Waals surface area contributed by atoms with Crippen LogP contribution in [0.5, 0.6) is 5.75 Å². The van der Waals surface area contributed by atoms with Gasteiger partial charge in [0.1, 0.15) is 11.3 Å². The molecular weight excluding hydrogens is 264 g/mol. The molecule has 0 fully saturated rings. The van der Waals surface area contributed by atoms with Crippen molar-refractivity contribution in [2.24, 2.45) is 0 Å². The fourth-order valence-electron chi connectivity index (χ4n) is 1.86. The van der Waals surface area contributed by atoms with Gasteiger partial charge in [-0.05, 0) is 31.2 Å². The summed E-state index contributed by atoms with van der Waals surface area (Å²) in [6.45, 7) is 2.95. The van der Waals surface area contributed by atoms with Crippen LogP contribution < -0.4 is 10.1 Å². The highest BCUT2D eigenvalue weighted by atomic mass is 35.5. The second-order valence-corrected chi connectivity index (χ2v) is 4.44. The molecule has 0 amide bonds. The summed E-state index contributed by atoms with van der Waals surface area (Å²) in [4.78, 5) is 4.35. The number of halogens is 1. The van der Waals surface area contributed by atoms with Gasteiger partial charge in [-0.2, -0.15) is 0 Å². The molecule has 1 aromatic heterocycles. The summed E-state index contributed by atoms with van der Waals surface area (Å²) in [6.07, 6.45) is 1.17. The van der Waals surface area contributed by atoms with Gasteiger partial charge < -0.3 is 15.2 Å². The lowest BCUT2D eigenvalue weighted by Gasteiger charge is -2.14. The Bertz CT molecular complexity index is 548. The van der Waals surface area contributed by atoms with Crippen LogP contribution in [0.25, 0.3) is 10.9 Å². The first-order chi connectivity index (χ1) is 9.26. The Labute approximate surface area is 117 Å². The number of nitrogens with one attached hydrogen (secondary N) is 1. The molecule has 0 spiro atoms. The Hall–Kier alpha value is -1.52. The third-order valence-electron chi connectivity index (χ3n) is 2.74. The molecule has 2 rings (SSSR count). The van der Waals surface area contributed by atoms with Crippen molar-refractivity contribution in [1.82, 2.24) is 4.98 Å². The Balaban J connectivity index is 2.32. The van der Waals surface area contributed by atoms with E-state index in [1.54, 1.807) is 6.20 Å². The maximum absolute atomic E-state index is 9.50. The van der Waals surface area contributed by atoms with Crippen molar-refractivity contribution in [3.63, 3.8) is 0 Å². The van der Waals surface area contributed by atoms with E-state index in [0.717, 1.165) is 22.3 Å². The van der Waals surface area contributed by atoms with Crippen molar-refractivity contribution in [2.45, 2.75) is 13.0 Å². The van der Waals surface area contributed by atoms with E-state index >= 15 is 0 Å². The predicted octanol–water partition coefficient (Wildman–Crippen LogP) is 2.65. The van der Waals surface area contributed by atoms with Crippen molar-refractivity contribution >= 4 is 28.2 Å². The lowest BCUT2D eigenvalue weighted by Crippen LogP contribution is -2.20. The number of hydrogen-bond acceptors (Lipinski definition) is 4. The first-order valence-electron chi connectivity index (χ1n) is 6.24. The molecule has 2 aromatic rings. The number of aromatic nitrogens is 1. The molecular formula is C14H17ClN2O2. The quantitative estimate of drug-likeness (QED) is 0.799. The molecule has 1 unspecified atom stereocenters. The van der Waals surface area contributed by atoms with Crippen molar-refractivity contribution in [2.75, 3.05) is 24.3 Å². The van der Waals surface area contributed by atoms with Gasteiger partial charge in [0, 0.05) is 23.8 Å². The number of benzene rings is 1. The molecule has 0 aliphatic heterocycles. The number of fused-ring (bicyclic) bond motifs is 1. The number of hydrogen-bond donors (Lipinski definition) is 2. The monoisotopic (exact) mass is 280 g/mol. The van der Waals surface area contributed by atoms with E-state index in [2.05, 4.69) is 10.3 Å². The number of alkyl halides is 1. The summed E-state index contributed by atoms with van der Waals surface area (Å²) in [5.74, 6) is 0.974. The summed E-state index contributed by atoms with van der Waals surface area (Å²) in [7, 11) is 0. The molecule has 0 saturated heterocycles. The second kappa shape index (κ2) is 6.59. The number of aliphatic hydroxyl groups is 1. The topological polar surface area (TPSA) is 54.4 Å². The maximum atomic E-state index is 9.50. The normalized spacial score (nSPS) is 12.4. The Morgan fingerprint density at radius 1 is 1.42 bits per heavy atom. The molecule has 1 aromatic carbocycles. The first kappa shape index (κ1) is 13.9. The van der Waals surface area contributed by atoms with Crippen molar-refractivity contribution < 1.29 is 9.84 Å². The number of pyridine rings is 1. The van der Waals surface area contributed by atoms with Gasteiger partial charge >= 0.3 is 0 Å². The van der Waals surface area contributed by atoms with Crippen LogP contribution in [0.2, 0.25) is 0 Å². The van der Waals surface area contributed by atoms with Crippen LogP contribution >= 0.6 is 11.6 Å². The Morgan fingerprint density at radius 3 is 3.00 bits per heavy atom. The highest BCUT2D eigenvalue weighted by molar-refractivity contribution is 6.18. The molecule has 1 atom stereocenters. The fourth-order valence-corrected chi connectivity index (χ4v) is 1.96. The third kappa shape index (κ3) is 3.28. The Morgan fingerprint density at radius 2 is 2.26 bits per heavy atom. The lowest BCUT2D eigenvalue weighted by atomic mass is 10.1. The molecule has 0 aliphatic rings. The van der Waals surface area contributed by atoms with Crippen molar-refractivity contribution in [1.29, 1.82) is 0 Å². The summed E-state index contributed by atoms with van der Waals surface area (Å²) < 4.78 is 5.56. The SMILES string of the molecule is CCOc1ccc(NCC(O)CCl)c2cccnc12. The summed E-state index contributed by atoms with van der Waals surface area (Å²) >= 11 is 5.58. The molecule has 2 N–H and O–H groups in total.